The lowest BCUT2D eigenvalue weighted by Gasteiger charge is -2.00. The molecule has 0 aliphatic carbocycles. The normalized spacial score (nSPS) is 12.2. The zero-order valence-electron chi connectivity index (χ0n) is 7.42. The van der Waals surface area contributed by atoms with Gasteiger partial charge in [0.25, 0.3) is 0 Å². The van der Waals surface area contributed by atoms with Gasteiger partial charge in [0.05, 0.1) is 0 Å². The summed E-state index contributed by atoms with van der Waals surface area (Å²) in [4.78, 5) is 0. The molecule has 0 unspecified atom stereocenters. The van der Waals surface area contributed by atoms with E-state index in [2.05, 4.69) is 19.9 Å². The van der Waals surface area contributed by atoms with E-state index in [0.29, 0.717) is 5.92 Å². The van der Waals surface area contributed by atoms with E-state index in [4.69, 9.17) is 11.6 Å². The zero-order valence-corrected chi connectivity index (χ0v) is 8.18. The summed E-state index contributed by atoms with van der Waals surface area (Å²) in [5.41, 5.74) is 1.09. The van der Waals surface area contributed by atoms with E-state index in [0.717, 1.165) is 10.6 Å². The van der Waals surface area contributed by atoms with Crippen LogP contribution in [0, 0.1) is 5.92 Å². The Morgan fingerprint density at radius 1 is 1.25 bits per heavy atom. The fraction of sp³-hybridized carbons (Fsp3) is 0.273. The Morgan fingerprint density at radius 3 is 2.33 bits per heavy atom. The number of halogens is 1. The van der Waals surface area contributed by atoms with E-state index in [1.807, 2.05) is 30.3 Å². The molecule has 0 aromatic heterocycles. The third kappa shape index (κ3) is 2.71. The number of rotatable bonds is 2. The molecule has 0 N–H and O–H groups in total. The smallest absolute Gasteiger partial charge is 0.0441 e. The molecule has 0 heterocycles. The Bertz CT molecular complexity index is 260. The second kappa shape index (κ2) is 4.32. The van der Waals surface area contributed by atoms with Crippen LogP contribution >= 0.6 is 11.6 Å². The minimum atomic E-state index is 0.498. The first-order chi connectivity index (χ1) is 5.70. The van der Waals surface area contributed by atoms with Crippen molar-refractivity contribution in [3.8, 4) is 0 Å². The number of hydrogen-bond donors (Lipinski definition) is 0. The van der Waals surface area contributed by atoms with Crippen molar-refractivity contribution in [3.05, 3.63) is 42.0 Å². The van der Waals surface area contributed by atoms with Gasteiger partial charge in [-0.3, -0.25) is 0 Å². The minimum absolute atomic E-state index is 0.498. The number of benzene rings is 1. The highest BCUT2D eigenvalue weighted by atomic mass is 35.5. The summed E-state index contributed by atoms with van der Waals surface area (Å²) in [6, 6.07) is 10.0. The molecule has 0 saturated carbocycles. The van der Waals surface area contributed by atoms with Crippen molar-refractivity contribution in [3.63, 3.8) is 0 Å². The first kappa shape index (κ1) is 9.34. The molecular weight excluding hydrogens is 168 g/mol. The Hall–Kier alpha value is -0.750. The van der Waals surface area contributed by atoms with Gasteiger partial charge in [-0.1, -0.05) is 61.9 Å². The fourth-order valence-electron chi connectivity index (χ4n) is 0.986. The lowest BCUT2D eigenvalue weighted by atomic mass is 10.1. The summed E-state index contributed by atoms with van der Waals surface area (Å²) < 4.78 is 0. The van der Waals surface area contributed by atoms with Gasteiger partial charge in [-0.2, -0.15) is 0 Å². The minimum Gasteiger partial charge on any atom is -0.0840 e. The molecule has 1 rings (SSSR count). The monoisotopic (exact) mass is 180 g/mol. The van der Waals surface area contributed by atoms with E-state index in [9.17, 15) is 0 Å². The van der Waals surface area contributed by atoms with Crippen LogP contribution in [0.2, 0.25) is 0 Å². The van der Waals surface area contributed by atoms with Crippen LogP contribution in [0.25, 0.3) is 5.03 Å². The zero-order chi connectivity index (χ0) is 8.97. The molecule has 0 fully saturated rings. The molecule has 0 bridgehead atoms. The van der Waals surface area contributed by atoms with Crippen molar-refractivity contribution >= 4 is 16.6 Å². The molecular formula is C11H13Cl. The van der Waals surface area contributed by atoms with E-state index in [-0.39, 0.29) is 0 Å². The van der Waals surface area contributed by atoms with Gasteiger partial charge in [0, 0.05) is 5.03 Å². The summed E-state index contributed by atoms with van der Waals surface area (Å²) in [6.07, 6.45) is 2.05. The summed E-state index contributed by atoms with van der Waals surface area (Å²) in [6.45, 7) is 4.23. The summed E-state index contributed by atoms with van der Waals surface area (Å²) in [5, 5.41) is 0.839. The molecule has 0 aliphatic heterocycles. The molecule has 0 saturated heterocycles. The van der Waals surface area contributed by atoms with Crippen LogP contribution in [0.15, 0.2) is 36.4 Å². The maximum absolute atomic E-state index is 6.06. The molecule has 0 atom stereocenters. The van der Waals surface area contributed by atoms with E-state index >= 15 is 0 Å². The van der Waals surface area contributed by atoms with Gasteiger partial charge < -0.3 is 0 Å². The van der Waals surface area contributed by atoms with E-state index < -0.39 is 0 Å². The van der Waals surface area contributed by atoms with Gasteiger partial charge in [-0.25, -0.2) is 0 Å². The second-order valence-electron chi connectivity index (χ2n) is 3.12. The van der Waals surface area contributed by atoms with Crippen LogP contribution < -0.4 is 0 Å². The van der Waals surface area contributed by atoms with Crippen LogP contribution in [0.5, 0.6) is 0 Å². The molecule has 1 aromatic carbocycles. The summed E-state index contributed by atoms with van der Waals surface area (Å²) in [7, 11) is 0. The van der Waals surface area contributed by atoms with E-state index in [1.165, 1.54) is 0 Å². The van der Waals surface area contributed by atoms with Crippen LogP contribution in [0.3, 0.4) is 0 Å². The lowest BCUT2D eigenvalue weighted by molar-refractivity contribution is 0.835. The van der Waals surface area contributed by atoms with E-state index in [1.54, 1.807) is 0 Å². The number of allylic oxidation sites excluding steroid dienone is 1. The first-order valence-electron chi connectivity index (χ1n) is 4.13. The van der Waals surface area contributed by atoms with Crippen LogP contribution in [0.1, 0.15) is 19.4 Å². The van der Waals surface area contributed by atoms with Crippen molar-refractivity contribution in [2.75, 3.05) is 0 Å². The molecule has 1 aromatic rings. The first-order valence-corrected chi connectivity index (χ1v) is 4.50. The largest absolute Gasteiger partial charge is 0.0840 e. The molecule has 0 amide bonds. The van der Waals surface area contributed by atoms with Gasteiger partial charge in [-0.15, -0.1) is 0 Å². The van der Waals surface area contributed by atoms with Gasteiger partial charge in [-0.05, 0) is 11.5 Å². The Labute approximate surface area is 78.9 Å². The van der Waals surface area contributed by atoms with Crippen LogP contribution in [-0.4, -0.2) is 0 Å². The standard InChI is InChI=1S/C11H13Cl/c1-9(2)8-11(12)10-6-4-3-5-7-10/h3-9H,1-2H3. The maximum Gasteiger partial charge on any atom is 0.0441 e. The van der Waals surface area contributed by atoms with Gasteiger partial charge in [0.1, 0.15) is 0 Å². The molecule has 0 radical (unpaired) electrons. The Balaban J connectivity index is 2.85. The average Bonchev–Trinajstić information content (AvgIpc) is 2.05. The lowest BCUT2D eigenvalue weighted by Crippen LogP contribution is -1.81. The van der Waals surface area contributed by atoms with Gasteiger partial charge in [0.2, 0.25) is 0 Å². The van der Waals surface area contributed by atoms with Gasteiger partial charge >= 0.3 is 0 Å². The van der Waals surface area contributed by atoms with Crippen LogP contribution in [-0.2, 0) is 0 Å². The van der Waals surface area contributed by atoms with Crippen molar-refractivity contribution in [2.45, 2.75) is 13.8 Å². The molecule has 0 aliphatic rings. The summed E-state index contributed by atoms with van der Waals surface area (Å²) >= 11 is 6.06. The topological polar surface area (TPSA) is 0 Å². The molecule has 64 valence electrons. The molecule has 0 nitrogen and oxygen atoms in total. The SMILES string of the molecule is CC(C)C=C(Cl)c1ccccc1. The highest BCUT2D eigenvalue weighted by Gasteiger charge is 1.96. The molecule has 1 heteroatoms. The van der Waals surface area contributed by atoms with Crippen molar-refractivity contribution in [1.82, 2.24) is 0 Å². The fourth-order valence-corrected chi connectivity index (χ4v) is 1.36. The van der Waals surface area contributed by atoms with Crippen molar-refractivity contribution in [1.29, 1.82) is 0 Å². The third-order valence-electron chi connectivity index (χ3n) is 1.53. The highest BCUT2D eigenvalue weighted by Crippen LogP contribution is 2.19. The third-order valence-corrected chi connectivity index (χ3v) is 1.87. The second-order valence-corrected chi connectivity index (χ2v) is 3.53. The van der Waals surface area contributed by atoms with Gasteiger partial charge in [0.15, 0.2) is 0 Å². The summed E-state index contributed by atoms with van der Waals surface area (Å²) in [5.74, 6) is 0.498. The molecule has 0 spiro atoms. The predicted molar refractivity (Wildman–Crippen MR) is 55.1 cm³/mol. The quantitative estimate of drug-likeness (QED) is 0.647. The van der Waals surface area contributed by atoms with Crippen LogP contribution in [0.4, 0.5) is 0 Å². The Morgan fingerprint density at radius 2 is 1.83 bits per heavy atom. The predicted octanol–water partition coefficient (Wildman–Crippen LogP) is 3.92. The maximum atomic E-state index is 6.06. The average molecular weight is 181 g/mol. The van der Waals surface area contributed by atoms with Crippen molar-refractivity contribution < 1.29 is 0 Å². The van der Waals surface area contributed by atoms with Crippen molar-refractivity contribution in [2.24, 2.45) is 5.92 Å². The number of hydrogen-bond acceptors (Lipinski definition) is 0. The molecule has 12 heavy (non-hydrogen) atoms. The Kier molecular flexibility index (Phi) is 3.36. The highest BCUT2D eigenvalue weighted by molar-refractivity contribution is 6.48.